The summed E-state index contributed by atoms with van der Waals surface area (Å²) in [6.45, 7) is 9.79. The molecule has 3 nitrogen and oxygen atoms in total. The molecule has 2 atom stereocenters. The summed E-state index contributed by atoms with van der Waals surface area (Å²) in [6.07, 6.45) is -0.756. The lowest BCUT2D eigenvalue weighted by Gasteiger charge is -2.34. The summed E-state index contributed by atoms with van der Waals surface area (Å²) >= 11 is 0. The van der Waals surface area contributed by atoms with Gasteiger partial charge in [-0.1, -0.05) is 37.3 Å². The largest absolute Gasteiger partial charge is 0.388 e. The number of aliphatic hydroxyl groups is 1. The average Bonchev–Trinajstić information content (AvgIpc) is 2.37. The molecule has 0 aliphatic heterocycles. The van der Waals surface area contributed by atoms with Crippen LogP contribution in [0.15, 0.2) is 30.3 Å². The molecule has 1 N–H and O–H groups in total. The van der Waals surface area contributed by atoms with Crippen LogP contribution in [0.3, 0.4) is 0 Å². The molecule has 0 radical (unpaired) electrons. The molecular formula is C16H25NO2. The molecule has 0 bridgehead atoms. The third kappa shape index (κ3) is 3.80. The summed E-state index contributed by atoms with van der Waals surface area (Å²) in [7, 11) is 0. The summed E-state index contributed by atoms with van der Waals surface area (Å²) < 4.78 is 0. The monoisotopic (exact) mass is 263 g/mol. The highest BCUT2D eigenvalue weighted by atomic mass is 16.3. The van der Waals surface area contributed by atoms with Crippen LogP contribution in [0.5, 0.6) is 0 Å². The van der Waals surface area contributed by atoms with E-state index in [0.717, 1.165) is 5.56 Å². The van der Waals surface area contributed by atoms with Crippen LogP contribution in [0.4, 0.5) is 0 Å². The summed E-state index contributed by atoms with van der Waals surface area (Å²) in [6, 6.07) is 9.62. The van der Waals surface area contributed by atoms with E-state index >= 15 is 0 Å². The van der Waals surface area contributed by atoms with Crippen LogP contribution in [0, 0.1) is 5.92 Å². The molecule has 0 fully saturated rings. The Morgan fingerprint density at radius 3 is 1.89 bits per heavy atom. The van der Waals surface area contributed by atoms with E-state index in [1.165, 1.54) is 0 Å². The fourth-order valence-corrected chi connectivity index (χ4v) is 2.41. The van der Waals surface area contributed by atoms with Gasteiger partial charge in [0, 0.05) is 12.1 Å². The number of carbonyl (C=O) groups is 1. The quantitative estimate of drug-likeness (QED) is 0.887. The van der Waals surface area contributed by atoms with Gasteiger partial charge in [-0.05, 0) is 33.3 Å². The van der Waals surface area contributed by atoms with Gasteiger partial charge in [-0.2, -0.15) is 0 Å². The average molecular weight is 263 g/mol. The Bertz CT molecular complexity index is 392. The van der Waals surface area contributed by atoms with Crippen molar-refractivity contribution >= 4 is 5.91 Å². The Labute approximate surface area is 116 Å². The maximum Gasteiger partial charge on any atom is 0.228 e. The van der Waals surface area contributed by atoms with Gasteiger partial charge in [-0.3, -0.25) is 4.79 Å². The fraction of sp³-hybridized carbons (Fsp3) is 0.562. The van der Waals surface area contributed by atoms with Crippen LogP contribution in [0.25, 0.3) is 0 Å². The first-order valence-corrected chi connectivity index (χ1v) is 6.91. The Kier molecular flexibility index (Phi) is 5.55. The molecule has 19 heavy (non-hydrogen) atoms. The van der Waals surface area contributed by atoms with Crippen LogP contribution in [-0.4, -0.2) is 28.0 Å². The van der Waals surface area contributed by atoms with Gasteiger partial charge in [0.25, 0.3) is 0 Å². The van der Waals surface area contributed by atoms with E-state index in [1.807, 2.05) is 62.9 Å². The third-order valence-corrected chi connectivity index (χ3v) is 3.37. The van der Waals surface area contributed by atoms with Crippen LogP contribution in [0.1, 0.15) is 46.3 Å². The topological polar surface area (TPSA) is 40.5 Å². The Morgan fingerprint density at radius 2 is 1.47 bits per heavy atom. The lowest BCUT2D eigenvalue weighted by atomic mass is 9.95. The van der Waals surface area contributed by atoms with Gasteiger partial charge < -0.3 is 10.0 Å². The lowest BCUT2D eigenvalue weighted by Crippen LogP contribution is -2.45. The lowest BCUT2D eigenvalue weighted by molar-refractivity contribution is -0.142. The van der Waals surface area contributed by atoms with Crippen molar-refractivity contribution in [1.82, 2.24) is 4.90 Å². The number of rotatable bonds is 5. The molecule has 106 valence electrons. The van der Waals surface area contributed by atoms with Crippen molar-refractivity contribution in [2.75, 3.05) is 0 Å². The molecule has 1 rings (SSSR count). The minimum atomic E-state index is -0.756. The summed E-state index contributed by atoms with van der Waals surface area (Å²) in [4.78, 5) is 14.3. The zero-order valence-electron chi connectivity index (χ0n) is 12.5. The molecule has 1 amide bonds. The molecular weight excluding hydrogens is 238 g/mol. The Balaban J connectivity index is 2.87. The molecule has 0 aliphatic rings. The Hall–Kier alpha value is -1.35. The van der Waals surface area contributed by atoms with E-state index in [1.54, 1.807) is 6.92 Å². The van der Waals surface area contributed by atoms with Gasteiger partial charge in [-0.15, -0.1) is 0 Å². The third-order valence-electron chi connectivity index (χ3n) is 3.37. The maximum absolute atomic E-state index is 12.5. The van der Waals surface area contributed by atoms with Crippen LogP contribution in [0.2, 0.25) is 0 Å². The predicted molar refractivity (Wildman–Crippen MR) is 77.7 cm³/mol. The number of carbonyl (C=O) groups excluding carboxylic acids is 1. The number of amides is 1. The maximum atomic E-state index is 12.5. The first-order valence-electron chi connectivity index (χ1n) is 6.91. The van der Waals surface area contributed by atoms with E-state index < -0.39 is 12.0 Å². The number of hydrogen-bond donors (Lipinski definition) is 1. The van der Waals surface area contributed by atoms with Crippen molar-refractivity contribution in [2.24, 2.45) is 5.92 Å². The first-order chi connectivity index (χ1) is 8.86. The molecule has 0 unspecified atom stereocenters. The minimum Gasteiger partial charge on any atom is -0.388 e. The van der Waals surface area contributed by atoms with Crippen molar-refractivity contribution in [3.05, 3.63) is 35.9 Å². The summed E-state index contributed by atoms with van der Waals surface area (Å²) in [5, 5.41) is 10.3. The highest BCUT2D eigenvalue weighted by Crippen LogP contribution is 2.24. The number of nitrogens with zero attached hydrogens (tertiary/aromatic N) is 1. The van der Waals surface area contributed by atoms with Gasteiger partial charge in [0.05, 0.1) is 12.0 Å². The molecule has 3 heteroatoms. The van der Waals surface area contributed by atoms with Crippen molar-refractivity contribution in [3.63, 3.8) is 0 Å². The van der Waals surface area contributed by atoms with Gasteiger partial charge in [0.15, 0.2) is 0 Å². The van der Waals surface area contributed by atoms with Gasteiger partial charge >= 0.3 is 0 Å². The predicted octanol–water partition coefficient (Wildman–Crippen LogP) is 3.00. The standard InChI is InChI=1S/C16H25NO2/c1-11(2)17(12(3)4)16(19)13(5)15(18)14-9-7-6-8-10-14/h6-13,15,18H,1-5H3/t13-,15-/m1/s1. The van der Waals surface area contributed by atoms with E-state index in [9.17, 15) is 9.90 Å². The van der Waals surface area contributed by atoms with E-state index in [4.69, 9.17) is 0 Å². The second kappa shape index (κ2) is 6.71. The molecule has 0 saturated heterocycles. The number of aliphatic hydroxyl groups excluding tert-OH is 1. The van der Waals surface area contributed by atoms with Crippen LogP contribution in [-0.2, 0) is 4.79 Å². The van der Waals surface area contributed by atoms with E-state index in [-0.39, 0.29) is 18.0 Å². The second-order valence-electron chi connectivity index (χ2n) is 5.58. The SMILES string of the molecule is CC(C)N(C(=O)[C@H](C)[C@@H](O)c1ccccc1)C(C)C. The molecule has 0 heterocycles. The highest BCUT2D eigenvalue weighted by Gasteiger charge is 2.30. The minimum absolute atomic E-state index is 0.00125. The van der Waals surface area contributed by atoms with E-state index in [2.05, 4.69) is 0 Å². The summed E-state index contributed by atoms with van der Waals surface area (Å²) in [5.74, 6) is -0.437. The summed E-state index contributed by atoms with van der Waals surface area (Å²) in [5.41, 5.74) is 0.788. The molecule has 0 aromatic heterocycles. The Morgan fingerprint density at radius 1 is 1.00 bits per heavy atom. The van der Waals surface area contributed by atoms with Crippen LogP contribution >= 0.6 is 0 Å². The zero-order valence-corrected chi connectivity index (χ0v) is 12.5. The normalized spacial score (nSPS) is 14.5. The molecule has 0 spiro atoms. The molecule has 1 aromatic rings. The second-order valence-corrected chi connectivity index (χ2v) is 5.58. The smallest absolute Gasteiger partial charge is 0.228 e. The highest BCUT2D eigenvalue weighted by molar-refractivity contribution is 5.79. The van der Waals surface area contributed by atoms with Gasteiger partial charge in [-0.25, -0.2) is 0 Å². The molecule has 0 aliphatic carbocycles. The van der Waals surface area contributed by atoms with Crippen molar-refractivity contribution < 1.29 is 9.90 Å². The van der Waals surface area contributed by atoms with Crippen LogP contribution < -0.4 is 0 Å². The zero-order chi connectivity index (χ0) is 14.6. The fourth-order valence-electron chi connectivity index (χ4n) is 2.41. The van der Waals surface area contributed by atoms with Gasteiger partial charge in [0.1, 0.15) is 0 Å². The molecule has 0 saturated carbocycles. The van der Waals surface area contributed by atoms with Gasteiger partial charge in [0.2, 0.25) is 5.91 Å². The first kappa shape index (κ1) is 15.7. The number of benzene rings is 1. The molecule has 1 aromatic carbocycles. The van der Waals surface area contributed by atoms with Crippen molar-refractivity contribution in [2.45, 2.75) is 52.8 Å². The van der Waals surface area contributed by atoms with E-state index in [0.29, 0.717) is 0 Å². The van der Waals surface area contributed by atoms with Crippen molar-refractivity contribution in [3.8, 4) is 0 Å². The van der Waals surface area contributed by atoms with Crippen molar-refractivity contribution in [1.29, 1.82) is 0 Å². The number of hydrogen-bond acceptors (Lipinski definition) is 2.